The highest BCUT2D eigenvalue weighted by Gasteiger charge is 2.53. The zero-order chi connectivity index (χ0) is 19.8. The van der Waals surface area contributed by atoms with Crippen LogP contribution in [0.3, 0.4) is 0 Å². The maximum absolute atomic E-state index is 14.1. The van der Waals surface area contributed by atoms with Crippen LogP contribution in [0.1, 0.15) is 45.4 Å². The van der Waals surface area contributed by atoms with Gasteiger partial charge >= 0.3 is 6.18 Å². The van der Waals surface area contributed by atoms with Gasteiger partial charge in [0.25, 0.3) is 5.92 Å². The summed E-state index contributed by atoms with van der Waals surface area (Å²) in [7, 11) is 0. The fraction of sp³-hybridized carbons (Fsp3) is 1.00. The third-order valence-electron chi connectivity index (χ3n) is 5.42. The van der Waals surface area contributed by atoms with E-state index in [1.54, 1.807) is 6.92 Å². The fourth-order valence-corrected chi connectivity index (χ4v) is 3.94. The first kappa shape index (κ1) is 21.1. The van der Waals surface area contributed by atoms with Crippen LogP contribution in [0.25, 0.3) is 0 Å². The number of piperidine rings is 1. The van der Waals surface area contributed by atoms with Gasteiger partial charge in [-0.25, -0.2) is 19.6 Å². The molecule has 0 aliphatic carbocycles. The molecule has 0 saturated carbocycles. The molecule has 27 heavy (non-hydrogen) atoms. The maximum atomic E-state index is 14.1. The molecule has 4 bridgehead atoms. The minimum Gasteiger partial charge on any atom is -0.360 e. The first-order valence-electron chi connectivity index (χ1n) is 9.33. The molecule has 0 amide bonds. The molecule has 158 valence electrons. The van der Waals surface area contributed by atoms with Crippen molar-refractivity contribution in [2.75, 3.05) is 0 Å². The molecule has 0 aromatic carbocycles. The van der Waals surface area contributed by atoms with Crippen molar-refractivity contribution in [3.05, 3.63) is 0 Å². The number of fused-ring (bicyclic) bond motifs is 5. The van der Waals surface area contributed by atoms with E-state index in [9.17, 15) is 22.0 Å². The molecule has 0 aromatic heterocycles. The van der Waals surface area contributed by atoms with Crippen molar-refractivity contribution in [1.29, 1.82) is 0 Å². The molecular weight excluding hydrogens is 375 g/mol. The molecule has 3 aliphatic heterocycles. The Hall–Kier alpha value is -0.590. The second-order valence-corrected chi connectivity index (χ2v) is 7.75. The predicted octanol–water partition coefficient (Wildman–Crippen LogP) is 1.96. The van der Waals surface area contributed by atoms with Crippen LogP contribution >= 0.6 is 0 Å². The highest BCUT2D eigenvalue weighted by atomic mass is 19.4. The Morgan fingerprint density at radius 3 is 2.52 bits per heavy atom. The summed E-state index contributed by atoms with van der Waals surface area (Å²) in [5.41, 5.74) is 11.3. The van der Waals surface area contributed by atoms with E-state index in [1.807, 2.05) is 0 Å². The topological polar surface area (TPSA) is 80.6 Å². The van der Waals surface area contributed by atoms with Crippen molar-refractivity contribution in [2.24, 2.45) is 11.7 Å². The largest absolute Gasteiger partial charge is 0.395 e. The molecule has 6 nitrogen and oxygen atoms in total. The van der Waals surface area contributed by atoms with Crippen molar-refractivity contribution in [1.82, 2.24) is 16.2 Å². The van der Waals surface area contributed by atoms with Crippen LogP contribution in [0.5, 0.6) is 0 Å². The molecule has 3 saturated heterocycles. The monoisotopic (exact) mass is 402 g/mol. The van der Waals surface area contributed by atoms with Gasteiger partial charge in [0.05, 0.1) is 24.5 Å². The molecule has 5 N–H and O–H groups in total. The van der Waals surface area contributed by atoms with Crippen LogP contribution in [0, 0.1) is 5.92 Å². The van der Waals surface area contributed by atoms with E-state index >= 15 is 0 Å². The summed E-state index contributed by atoms with van der Waals surface area (Å²) >= 11 is 0. The van der Waals surface area contributed by atoms with E-state index in [0.29, 0.717) is 12.8 Å². The summed E-state index contributed by atoms with van der Waals surface area (Å²) in [6.45, 7) is 1.66. The summed E-state index contributed by atoms with van der Waals surface area (Å²) in [6.07, 6.45) is -8.03. The highest BCUT2D eigenvalue weighted by molar-refractivity contribution is 4.98. The summed E-state index contributed by atoms with van der Waals surface area (Å²) in [6, 6.07) is -1.59. The second-order valence-electron chi connectivity index (χ2n) is 7.75. The van der Waals surface area contributed by atoms with E-state index in [4.69, 9.17) is 15.2 Å². The average molecular weight is 402 g/mol. The van der Waals surface area contributed by atoms with Crippen molar-refractivity contribution in [3.8, 4) is 0 Å². The van der Waals surface area contributed by atoms with E-state index in [2.05, 4.69) is 16.2 Å². The van der Waals surface area contributed by atoms with Crippen LogP contribution in [0.4, 0.5) is 22.0 Å². The van der Waals surface area contributed by atoms with Crippen LogP contribution in [-0.2, 0) is 9.47 Å². The number of alkyl halides is 5. The number of hydrogen-bond acceptors (Lipinski definition) is 6. The zero-order valence-electron chi connectivity index (χ0n) is 15.1. The number of halogens is 5. The molecule has 3 aliphatic rings. The summed E-state index contributed by atoms with van der Waals surface area (Å²) < 4.78 is 79.8. The number of hydrazine groups is 1. The number of rotatable bonds is 0. The molecule has 0 aromatic rings. The maximum Gasteiger partial charge on any atom is 0.395 e. The van der Waals surface area contributed by atoms with Crippen molar-refractivity contribution in [2.45, 2.75) is 94.4 Å². The van der Waals surface area contributed by atoms with Gasteiger partial charge in [0, 0.05) is 12.5 Å². The van der Waals surface area contributed by atoms with Gasteiger partial charge in [0.2, 0.25) is 0 Å². The summed E-state index contributed by atoms with van der Waals surface area (Å²) in [5, 5.41) is 2.81. The van der Waals surface area contributed by atoms with Gasteiger partial charge in [-0.1, -0.05) is 6.42 Å². The predicted molar refractivity (Wildman–Crippen MR) is 86.4 cm³/mol. The van der Waals surface area contributed by atoms with Crippen molar-refractivity contribution < 1.29 is 31.4 Å². The lowest BCUT2D eigenvalue weighted by Crippen LogP contribution is -2.67. The number of nitrogens with one attached hydrogen (secondary N) is 3. The van der Waals surface area contributed by atoms with Crippen LogP contribution in [-0.4, -0.2) is 49.0 Å². The van der Waals surface area contributed by atoms with Crippen LogP contribution in [0.2, 0.25) is 0 Å². The van der Waals surface area contributed by atoms with E-state index < -0.39 is 61.3 Å². The zero-order valence-corrected chi connectivity index (χ0v) is 15.1. The number of ether oxygens (including phenoxy) is 2. The minimum atomic E-state index is -4.46. The lowest BCUT2D eigenvalue weighted by molar-refractivity contribution is -0.235. The Morgan fingerprint density at radius 1 is 1.07 bits per heavy atom. The Kier molecular flexibility index (Phi) is 6.29. The molecule has 0 radical (unpaired) electrons. The third kappa shape index (κ3) is 5.27. The van der Waals surface area contributed by atoms with Gasteiger partial charge in [0.1, 0.15) is 18.7 Å². The average Bonchev–Trinajstić information content (AvgIpc) is 2.98. The molecule has 6 unspecified atom stereocenters. The number of nitrogens with two attached hydrogens (primary N) is 1. The third-order valence-corrected chi connectivity index (χ3v) is 5.42. The van der Waals surface area contributed by atoms with Crippen molar-refractivity contribution >= 4 is 0 Å². The first-order chi connectivity index (χ1) is 12.5. The van der Waals surface area contributed by atoms with Crippen molar-refractivity contribution in [3.63, 3.8) is 0 Å². The highest BCUT2D eigenvalue weighted by Crippen LogP contribution is 2.38. The van der Waals surface area contributed by atoms with E-state index in [1.165, 1.54) is 0 Å². The summed E-state index contributed by atoms with van der Waals surface area (Å²) in [5.74, 6) is -4.64. The Labute approximate surface area is 154 Å². The van der Waals surface area contributed by atoms with Gasteiger partial charge in [-0.3, -0.25) is 5.32 Å². The van der Waals surface area contributed by atoms with Gasteiger partial charge < -0.3 is 15.2 Å². The Morgan fingerprint density at radius 2 is 1.81 bits per heavy atom. The molecule has 7 atom stereocenters. The molecule has 0 spiro atoms. The molecule has 3 fully saturated rings. The molecule has 11 heteroatoms. The van der Waals surface area contributed by atoms with Gasteiger partial charge in [-0.05, 0) is 26.2 Å². The van der Waals surface area contributed by atoms with E-state index in [0.717, 1.165) is 0 Å². The first-order valence-corrected chi connectivity index (χ1v) is 9.33. The fourth-order valence-electron chi connectivity index (χ4n) is 3.94. The molecule has 3 rings (SSSR count). The SMILES string of the molecule is C[C@@H]1CCCCC(F)(F)CC2NNC(O2)C2NC(O1)C(C(F)(F)F)CC2N. The standard InChI is InChI=1S/C16H27F5N4O2/c1-8-4-2-3-5-15(17,18)7-11-24-25-14(27-11)12-10(22)6-9(16(19,20)21)13(23-12)26-8/h8-14,23-25H,2-7,22H2,1H3/t8-,9?,10?,11?,12?,13?,14?/m1/s1. The molecule has 3 heterocycles. The van der Waals surface area contributed by atoms with Gasteiger partial charge in [-0.15, -0.1) is 0 Å². The minimum absolute atomic E-state index is 0.262. The van der Waals surface area contributed by atoms with Gasteiger partial charge in [-0.2, -0.15) is 13.2 Å². The lowest BCUT2D eigenvalue weighted by atomic mass is 9.87. The Bertz CT molecular complexity index is 510. The van der Waals surface area contributed by atoms with Gasteiger partial charge in [0.15, 0.2) is 0 Å². The molecular formula is C16H27F5N4O2. The second kappa shape index (κ2) is 8.03. The van der Waals surface area contributed by atoms with E-state index in [-0.39, 0.29) is 19.3 Å². The smallest absolute Gasteiger partial charge is 0.360 e. The lowest BCUT2D eigenvalue weighted by Gasteiger charge is -2.44. The van der Waals surface area contributed by atoms with Crippen LogP contribution < -0.4 is 21.9 Å². The quantitative estimate of drug-likeness (QED) is 0.464. The van der Waals surface area contributed by atoms with Crippen LogP contribution in [0.15, 0.2) is 0 Å². The Balaban J connectivity index is 1.79. The summed E-state index contributed by atoms with van der Waals surface area (Å²) in [4.78, 5) is 0. The normalized spacial score (nSPS) is 43.9. The number of hydrogen-bond donors (Lipinski definition) is 4.